The summed E-state index contributed by atoms with van der Waals surface area (Å²) in [5, 5.41) is 2.97. The molecule has 1 saturated heterocycles. The maximum atomic E-state index is 12.2. The molecule has 0 aliphatic carbocycles. The first-order valence-electron chi connectivity index (χ1n) is 7.47. The van der Waals surface area contributed by atoms with E-state index in [9.17, 15) is 4.79 Å². The molecule has 2 rings (SSSR count). The van der Waals surface area contributed by atoms with Gasteiger partial charge in [-0.3, -0.25) is 0 Å². The zero-order valence-corrected chi connectivity index (χ0v) is 13.0. The Balaban J connectivity index is 2.38. The number of aromatic nitrogens is 1. The van der Waals surface area contributed by atoms with Crippen LogP contribution in [0.2, 0.25) is 0 Å². The fraction of sp³-hybridized carbons (Fsp3) is 0.600. The van der Waals surface area contributed by atoms with E-state index in [-0.39, 0.29) is 5.97 Å². The van der Waals surface area contributed by atoms with Gasteiger partial charge in [-0.1, -0.05) is 6.92 Å². The Bertz CT molecular complexity index is 511. The smallest absolute Gasteiger partial charge is 0.341 e. The lowest BCUT2D eigenvalue weighted by molar-refractivity contribution is 0.0526. The molecular formula is C15H24N4O2. The third-order valence-corrected chi connectivity index (χ3v) is 3.85. The van der Waals surface area contributed by atoms with Crippen molar-refractivity contribution in [2.24, 2.45) is 5.92 Å². The Morgan fingerprint density at radius 3 is 2.76 bits per heavy atom. The van der Waals surface area contributed by atoms with E-state index in [0.717, 1.165) is 25.9 Å². The summed E-state index contributed by atoms with van der Waals surface area (Å²) < 4.78 is 5.13. The fourth-order valence-corrected chi connectivity index (χ4v) is 2.54. The van der Waals surface area contributed by atoms with Crippen LogP contribution in [0.15, 0.2) is 6.07 Å². The number of nitrogens with zero attached hydrogens (tertiary/aromatic N) is 2. The number of carbonyl (C=O) groups is 1. The maximum absolute atomic E-state index is 12.2. The second-order valence-electron chi connectivity index (χ2n) is 5.44. The van der Waals surface area contributed by atoms with Gasteiger partial charge in [0, 0.05) is 20.1 Å². The largest absolute Gasteiger partial charge is 0.462 e. The number of hydrogen-bond donors (Lipinski definition) is 2. The van der Waals surface area contributed by atoms with Gasteiger partial charge in [0.15, 0.2) is 5.82 Å². The summed E-state index contributed by atoms with van der Waals surface area (Å²) in [7, 11) is 1.77. The van der Waals surface area contributed by atoms with Crippen LogP contribution < -0.4 is 16.0 Å². The first-order chi connectivity index (χ1) is 10.1. The Hall–Kier alpha value is -1.98. The van der Waals surface area contributed by atoms with Crippen molar-refractivity contribution in [2.75, 3.05) is 42.7 Å². The predicted molar refractivity (Wildman–Crippen MR) is 84.8 cm³/mol. The molecule has 0 saturated carbocycles. The molecule has 1 fully saturated rings. The highest BCUT2D eigenvalue weighted by molar-refractivity contribution is 5.97. The summed E-state index contributed by atoms with van der Waals surface area (Å²) in [4.78, 5) is 18.8. The van der Waals surface area contributed by atoms with Crippen LogP contribution in [-0.2, 0) is 4.74 Å². The number of nitrogen functional groups attached to an aromatic ring is 1. The number of piperidine rings is 1. The van der Waals surface area contributed by atoms with Crippen LogP contribution in [0.25, 0.3) is 0 Å². The lowest BCUT2D eigenvalue weighted by atomic mass is 9.99. The van der Waals surface area contributed by atoms with E-state index in [2.05, 4.69) is 22.1 Å². The number of pyridine rings is 1. The lowest BCUT2D eigenvalue weighted by Gasteiger charge is -2.32. The number of nitrogens with two attached hydrogens (primary N) is 1. The molecule has 3 N–H and O–H groups in total. The van der Waals surface area contributed by atoms with Crippen LogP contribution in [-0.4, -0.2) is 37.7 Å². The summed E-state index contributed by atoms with van der Waals surface area (Å²) in [6.45, 7) is 6.17. The van der Waals surface area contributed by atoms with E-state index in [1.807, 2.05) is 0 Å². The zero-order valence-electron chi connectivity index (χ0n) is 13.0. The normalized spacial score (nSPS) is 15.9. The number of anilines is 3. The van der Waals surface area contributed by atoms with Crippen molar-refractivity contribution in [1.82, 2.24) is 4.98 Å². The van der Waals surface area contributed by atoms with Gasteiger partial charge >= 0.3 is 5.97 Å². The Labute approximate surface area is 125 Å². The van der Waals surface area contributed by atoms with Crippen molar-refractivity contribution in [3.8, 4) is 0 Å². The van der Waals surface area contributed by atoms with Crippen LogP contribution in [0, 0.1) is 5.92 Å². The summed E-state index contributed by atoms with van der Waals surface area (Å²) >= 11 is 0. The monoisotopic (exact) mass is 292 g/mol. The van der Waals surface area contributed by atoms with Gasteiger partial charge in [0.25, 0.3) is 0 Å². The molecule has 0 unspecified atom stereocenters. The zero-order chi connectivity index (χ0) is 15.4. The first kappa shape index (κ1) is 15.4. The Morgan fingerprint density at radius 1 is 1.52 bits per heavy atom. The predicted octanol–water partition coefficient (Wildman–Crippen LogP) is 2.12. The summed E-state index contributed by atoms with van der Waals surface area (Å²) in [6.07, 6.45) is 2.20. The number of ether oxygens (including phenoxy) is 1. The van der Waals surface area contributed by atoms with Gasteiger partial charge in [-0.15, -0.1) is 0 Å². The van der Waals surface area contributed by atoms with E-state index in [4.69, 9.17) is 10.5 Å². The van der Waals surface area contributed by atoms with Crippen molar-refractivity contribution >= 4 is 23.3 Å². The molecule has 0 radical (unpaired) electrons. The number of esters is 1. The molecular weight excluding hydrogens is 268 g/mol. The van der Waals surface area contributed by atoms with Crippen molar-refractivity contribution in [1.29, 1.82) is 0 Å². The van der Waals surface area contributed by atoms with E-state index in [1.165, 1.54) is 0 Å². The van der Waals surface area contributed by atoms with Crippen LogP contribution in [0.1, 0.15) is 37.0 Å². The second kappa shape index (κ2) is 6.65. The van der Waals surface area contributed by atoms with Gasteiger partial charge in [-0.05, 0) is 31.7 Å². The molecule has 1 aromatic rings. The molecule has 0 aromatic carbocycles. The van der Waals surface area contributed by atoms with Gasteiger partial charge in [-0.2, -0.15) is 0 Å². The van der Waals surface area contributed by atoms with Gasteiger partial charge in [0.2, 0.25) is 0 Å². The third kappa shape index (κ3) is 3.37. The maximum Gasteiger partial charge on any atom is 0.341 e. The highest BCUT2D eigenvalue weighted by Gasteiger charge is 2.24. The molecule has 6 heteroatoms. The molecule has 21 heavy (non-hydrogen) atoms. The number of nitrogens with one attached hydrogen (secondary N) is 1. The van der Waals surface area contributed by atoms with Crippen molar-refractivity contribution in [3.05, 3.63) is 11.6 Å². The fourth-order valence-electron chi connectivity index (χ4n) is 2.54. The van der Waals surface area contributed by atoms with Crippen LogP contribution in [0.3, 0.4) is 0 Å². The average Bonchev–Trinajstić information content (AvgIpc) is 2.48. The first-order valence-corrected chi connectivity index (χ1v) is 7.47. The van der Waals surface area contributed by atoms with Crippen LogP contribution in [0.4, 0.5) is 17.3 Å². The molecule has 2 heterocycles. The van der Waals surface area contributed by atoms with Crippen molar-refractivity contribution < 1.29 is 9.53 Å². The summed E-state index contributed by atoms with van der Waals surface area (Å²) in [5.41, 5.74) is 6.84. The number of carbonyl (C=O) groups excluding carboxylic acids is 1. The molecule has 0 bridgehead atoms. The molecule has 0 spiro atoms. The summed E-state index contributed by atoms with van der Waals surface area (Å²) in [6, 6.07) is 1.66. The number of hydrogen-bond acceptors (Lipinski definition) is 6. The second-order valence-corrected chi connectivity index (χ2v) is 5.44. The number of rotatable bonds is 4. The molecule has 1 aromatic heterocycles. The quantitative estimate of drug-likeness (QED) is 0.827. The molecule has 1 aliphatic heterocycles. The standard InChI is InChI=1S/C15H24N4O2/c1-4-21-15(20)11-9-12(16)13(17-3)18-14(11)19-7-5-10(2)6-8-19/h9-10H,4-8,16H2,1-3H3,(H,17,18). The van der Waals surface area contributed by atoms with Crippen LogP contribution >= 0.6 is 0 Å². The third-order valence-electron chi connectivity index (χ3n) is 3.85. The molecule has 6 nitrogen and oxygen atoms in total. The van der Waals surface area contributed by atoms with Gasteiger partial charge in [-0.25, -0.2) is 9.78 Å². The van der Waals surface area contributed by atoms with Gasteiger partial charge in [0.1, 0.15) is 11.4 Å². The topological polar surface area (TPSA) is 80.5 Å². The molecule has 1 aliphatic rings. The minimum Gasteiger partial charge on any atom is -0.462 e. The Morgan fingerprint density at radius 2 is 2.19 bits per heavy atom. The van der Waals surface area contributed by atoms with E-state index in [0.29, 0.717) is 35.4 Å². The highest BCUT2D eigenvalue weighted by Crippen LogP contribution is 2.29. The molecule has 0 amide bonds. The molecule has 0 atom stereocenters. The van der Waals surface area contributed by atoms with Crippen LogP contribution in [0.5, 0.6) is 0 Å². The van der Waals surface area contributed by atoms with E-state index in [1.54, 1.807) is 20.0 Å². The van der Waals surface area contributed by atoms with Gasteiger partial charge < -0.3 is 20.7 Å². The minimum absolute atomic E-state index is 0.336. The van der Waals surface area contributed by atoms with Crippen molar-refractivity contribution in [2.45, 2.75) is 26.7 Å². The highest BCUT2D eigenvalue weighted by atomic mass is 16.5. The average molecular weight is 292 g/mol. The SMILES string of the molecule is CCOC(=O)c1cc(N)c(NC)nc1N1CCC(C)CC1. The molecule has 116 valence electrons. The van der Waals surface area contributed by atoms with E-state index >= 15 is 0 Å². The van der Waals surface area contributed by atoms with Crippen molar-refractivity contribution in [3.63, 3.8) is 0 Å². The Kier molecular flexibility index (Phi) is 4.88. The van der Waals surface area contributed by atoms with Gasteiger partial charge in [0.05, 0.1) is 12.3 Å². The summed E-state index contributed by atoms with van der Waals surface area (Å²) in [5.74, 6) is 1.60. The van der Waals surface area contributed by atoms with E-state index < -0.39 is 0 Å². The lowest BCUT2D eigenvalue weighted by Crippen LogP contribution is -2.35. The minimum atomic E-state index is -0.368.